The number of hydrogen-bond donors (Lipinski definition) is 1. The Hall–Kier alpha value is -2.05. The van der Waals surface area contributed by atoms with Gasteiger partial charge in [0.1, 0.15) is 0 Å². The van der Waals surface area contributed by atoms with E-state index in [1.54, 1.807) is 23.1 Å². The standard InChI is InChI=1S/C17H17N3OS2/c1-20(17-19-13-8-4-6-10-15(13)23-17)11-16(21)18-12-7-3-5-9-14(12)22-2/h3-10H,11H2,1-2H3,(H,18,21). The minimum atomic E-state index is -0.0479. The molecule has 0 fully saturated rings. The van der Waals surface area contributed by atoms with Crippen molar-refractivity contribution in [3.05, 3.63) is 48.5 Å². The first-order valence-corrected chi connectivity index (χ1v) is 9.21. The molecule has 0 saturated heterocycles. The number of nitrogens with one attached hydrogen (secondary N) is 1. The quantitative estimate of drug-likeness (QED) is 0.709. The van der Waals surface area contributed by atoms with Crippen LogP contribution in [-0.2, 0) is 4.79 Å². The van der Waals surface area contributed by atoms with Crippen LogP contribution in [0.2, 0.25) is 0 Å². The number of hydrogen-bond acceptors (Lipinski definition) is 5. The third-order valence-electron chi connectivity index (χ3n) is 3.37. The molecule has 0 saturated carbocycles. The van der Waals surface area contributed by atoms with Crippen molar-refractivity contribution in [1.82, 2.24) is 4.98 Å². The summed E-state index contributed by atoms with van der Waals surface area (Å²) >= 11 is 3.21. The number of carbonyl (C=O) groups is 1. The van der Waals surface area contributed by atoms with Crippen molar-refractivity contribution in [2.75, 3.05) is 30.1 Å². The minimum absolute atomic E-state index is 0.0479. The van der Waals surface area contributed by atoms with Crippen molar-refractivity contribution in [2.24, 2.45) is 0 Å². The molecule has 1 amide bonds. The Morgan fingerprint density at radius 3 is 2.74 bits per heavy atom. The summed E-state index contributed by atoms with van der Waals surface area (Å²) in [7, 11) is 1.89. The van der Waals surface area contributed by atoms with Crippen molar-refractivity contribution in [3.63, 3.8) is 0 Å². The molecule has 4 nitrogen and oxygen atoms in total. The SMILES string of the molecule is CSc1ccccc1NC(=O)CN(C)c1nc2ccccc2s1. The molecule has 0 bridgehead atoms. The summed E-state index contributed by atoms with van der Waals surface area (Å²) in [5.74, 6) is -0.0479. The van der Waals surface area contributed by atoms with Gasteiger partial charge in [0.25, 0.3) is 0 Å². The molecule has 0 aliphatic heterocycles. The van der Waals surface area contributed by atoms with Gasteiger partial charge in [0.15, 0.2) is 5.13 Å². The van der Waals surface area contributed by atoms with Crippen LogP contribution < -0.4 is 10.2 Å². The van der Waals surface area contributed by atoms with Gasteiger partial charge in [0.2, 0.25) is 5.91 Å². The lowest BCUT2D eigenvalue weighted by Crippen LogP contribution is -2.30. The topological polar surface area (TPSA) is 45.2 Å². The van der Waals surface area contributed by atoms with E-state index in [1.807, 2.05) is 66.7 Å². The van der Waals surface area contributed by atoms with Gasteiger partial charge in [-0.15, -0.1) is 11.8 Å². The lowest BCUT2D eigenvalue weighted by molar-refractivity contribution is -0.114. The number of anilines is 2. The Morgan fingerprint density at radius 1 is 1.22 bits per heavy atom. The lowest BCUT2D eigenvalue weighted by Gasteiger charge is -2.16. The number of likely N-dealkylation sites (N-methyl/N-ethyl adjacent to an activating group) is 1. The van der Waals surface area contributed by atoms with Gasteiger partial charge in [-0.25, -0.2) is 4.98 Å². The first-order chi connectivity index (χ1) is 11.2. The highest BCUT2D eigenvalue weighted by molar-refractivity contribution is 7.98. The monoisotopic (exact) mass is 343 g/mol. The molecular formula is C17H17N3OS2. The van der Waals surface area contributed by atoms with Gasteiger partial charge in [-0.1, -0.05) is 35.6 Å². The number of para-hydroxylation sites is 2. The van der Waals surface area contributed by atoms with Crippen molar-refractivity contribution >= 4 is 50.0 Å². The zero-order valence-electron chi connectivity index (χ0n) is 12.9. The highest BCUT2D eigenvalue weighted by atomic mass is 32.2. The van der Waals surface area contributed by atoms with Crippen molar-refractivity contribution in [3.8, 4) is 0 Å². The molecule has 0 spiro atoms. The fourth-order valence-corrected chi connectivity index (χ4v) is 3.72. The van der Waals surface area contributed by atoms with Gasteiger partial charge in [-0.3, -0.25) is 4.79 Å². The number of carbonyl (C=O) groups excluding carboxylic acids is 1. The Balaban J connectivity index is 1.69. The Morgan fingerprint density at radius 2 is 1.96 bits per heavy atom. The molecule has 23 heavy (non-hydrogen) atoms. The highest BCUT2D eigenvalue weighted by Crippen LogP contribution is 2.28. The van der Waals surface area contributed by atoms with Crippen LogP contribution in [0.25, 0.3) is 10.2 Å². The summed E-state index contributed by atoms with van der Waals surface area (Å²) in [5.41, 5.74) is 1.81. The summed E-state index contributed by atoms with van der Waals surface area (Å²) in [5, 5.41) is 3.82. The number of thioether (sulfide) groups is 1. The van der Waals surface area contributed by atoms with Gasteiger partial charge in [0, 0.05) is 11.9 Å². The maximum atomic E-state index is 12.3. The molecule has 3 aromatic rings. The number of aromatic nitrogens is 1. The second-order valence-electron chi connectivity index (χ2n) is 5.07. The van der Waals surface area contributed by atoms with Crippen LogP contribution in [0.4, 0.5) is 10.8 Å². The molecule has 1 aromatic heterocycles. The molecule has 6 heteroatoms. The van der Waals surface area contributed by atoms with Gasteiger partial charge >= 0.3 is 0 Å². The number of fused-ring (bicyclic) bond motifs is 1. The predicted octanol–water partition coefficient (Wildman–Crippen LogP) is 4.09. The van der Waals surface area contributed by atoms with Crippen molar-refractivity contribution < 1.29 is 4.79 Å². The first-order valence-electron chi connectivity index (χ1n) is 7.17. The van der Waals surface area contributed by atoms with Crippen LogP contribution in [0.15, 0.2) is 53.4 Å². The van der Waals surface area contributed by atoms with E-state index in [2.05, 4.69) is 10.3 Å². The summed E-state index contributed by atoms with van der Waals surface area (Å²) in [6.45, 7) is 0.266. The van der Waals surface area contributed by atoms with Gasteiger partial charge < -0.3 is 10.2 Å². The van der Waals surface area contributed by atoms with Gasteiger partial charge in [-0.2, -0.15) is 0 Å². The predicted molar refractivity (Wildman–Crippen MR) is 99.7 cm³/mol. The summed E-state index contributed by atoms with van der Waals surface area (Å²) in [4.78, 5) is 19.8. The summed E-state index contributed by atoms with van der Waals surface area (Å²) in [6, 6.07) is 15.8. The van der Waals surface area contributed by atoms with E-state index in [4.69, 9.17) is 0 Å². The van der Waals surface area contributed by atoms with Crippen LogP contribution in [-0.4, -0.2) is 30.7 Å². The van der Waals surface area contributed by atoms with E-state index in [9.17, 15) is 4.79 Å². The molecule has 0 aliphatic rings. The lowest BCUT2D eigenvalue weighted by atomic mass is 10.3. The van der Waals surface area contributed by atoms with Crippen LogP contribution in [0.5, 0.6) is 0 Å². The number of rotatable bonds is 5. The molecule has 0 unspecified atom stereocenters. The smallest absolute Gasteiger partial charge is 0.243 e. The molecule has 1 heterocycles. The second kappa shape index (κ2) is 7.02. The van der Waals surface area contributed by atoms with E-state index in [1.165, 1.54) is 0 Å². The number of nitrogens with zero attached hydrogens (tertiary/aromatic N) is 2. The third-order valence-corrected chi connectivity index (χ3v) is 5.32. The molecule has 118 valence electrons. The zero-order chi connectivity index (χ0) is 16.2. The molecular weight excluding hydrogens is 326 g/mol. The molecule has 1 N–H and O–H groups in total. The average molecular weight is 343 g/mol. The largest absolute Gasteiger partial charge is 0.342 e. The van der Waals surface area contributed by atoms with Gasteiger partial charge in [-0.05, 0) is 30.5 Å². The first kappa shape index (κ1) is 15.8. The fraction of sp³-hybridized carbons (Fsp3) is 0.176. The van der Waals surface area contributed by atoms with Gasteiger partial charge in [0.05, 0.1) is 22.4 Å². The summed E-state index contributed by atoms with van der Waals surface area (Å²) in [6.07, 6.45) is 2.00. The molecule has 2 aromatic carbocycles. The van der Waals surface area contributed by atoms with E-state index < -0.39 is 0 Å². The van der Waals surface area contributed by atoms with Crippen LogP contribution in [0.1, 0.15) is 0 Å². The van der Waals surface area contributed by atoms with E-state index in [0.717, 1.165) is 25.9 Å². The number of amides is 1. The second-order valence-corrected chi connectivity index (χ2v) is 6.93. The normalized spacial score (nSPS) is 10.7. The minimum Gasteiger partial charge on any atom is -0.342 e. The van der Waals surface area contributed by atoms with Crippen LogP contribution in [0.3, 0.4) is 0 Å². The maximum absolute atomic E-state index is 12.3. The Bertz CT molecular complexity index is 798. The van der Waals surface area contributed by atoms with Crippen molar-refractivity contribution in [2.45, 2.75) is 4.90 Å². The average Bonchev–Trinajstić information content (AvgIpc) is 2.99. The van der Waals surface area contributed by atoms with Crippen LogP contribution in [0, 0.1) is 0 Å². The molecule has 0 atom stereocenters. The number of benzene rings is 2. The van der Waals surface area contributed by atoms with E-state index in [0.29, 0.717) is 0 Å². The number of thiazole rings is 1. The Labute approximate surface area is 143 Å². The maximum Gasteiger partial charge on any atom is 0.243 e. The van der Waals surface area contributed by atoms with E-state index in [-0.39, 0.29) is 12.5 Å². The van der Waals surface area contributed by atoms with E-state index >= 15 is 0 Å². The Kier molecular flexibility index (Phi) is 4.83. The highest BCUT2D eigenvalue weighted by Gasteiger charge is 2.13. The fourth-order valence-electron chi connectivity index (χ4n) is 2.24. The molecule has 3 rings (SSSR count). The molecule has 0 aliphatic carbocycles. The summed E-state index contributed by atoms with van der Waals surface area (Å²) < 4.78 is 1.13. The molecule has 0 radical (unpaired) electrons. The third kappa shape index (κ3) is 3.65. The van der Waals surface area contributed by atoms with Crippen molar-refractivity contribution in [1.29, 1.82) is 0 Å². The zero-order valence-corrected chi connectivity index (χ0v) is 14.6. The van der Waals surface area contributed by atoms with Crippen LogP contribution >= 0.6 is 23.1 Å².